The van der Waals surface area contributed by atoms with Crippen molar-refractivity contribution >= 4 is 34.4 Å². The Morgan fingerprint density at radius 3 is 2.46 bits per heavy atom. The molecule has 1 atom stereocenters. The zero-order chi connectivity index (χ0) is 24.0. The summed E-state index contributed by atoms with van der Waals surface area (Å²) in [6, 6.07) is 26.9. The van der Waals surface area contributed by atoms with Crippen LogP contribution in [0.1, 0.15) is 17.7 Å². The number of nitrogens with zero attached hydrogens (tertiary/aromatic N) is 4. The monoisotopic (exact) mass is 481 g/mol. The van der Waals surface area contributed by atoms with Gasteiger partial charge in [0.25, 0.3) is 0 Å². The number of benzene rings is 3. The van der Waals surface area contributed by atoms with Crippen molar-refractivity contribution in [3.8, 4) is 11.4 Å². The van der Waals surface area contributed by atoms with Gasteiger partial charge in [0.2, 0.25) is 5.91 Å². The van der Waals surface area contributed by atoms with Crippen molar-refractivity contribution in [2.24, 2.45) is 0 Å². The van der Waals surface area contributed by atoms with Crippen molar-refractivity contribution < 1.29 is 9.53 Å². The van der Waals surface area contributed by atoms with Gasteiger partial charge in [0.05, 0.1) is 29.6 Å². The normalized spacial score (nSPS) is 11.8. The first-order valence-electron chi connectivity index (χ1n) is 11.2. The first kappa shape index (κ1) is 22.6. The van der Waals surface area contributed by atoms with E-state index in [-0.39, 0.29) is 5.91 Å². The number of hydrogen-bond acceptors (Lipinski definition) is 6. The third-order valence-electron chi connectivity index (χ3n) is 5.34. The van der Waals surface area contributed by atoms with E-state index in [4.69, 9.17) is 4.74 Å². The Morgan fingerprint density at radius 1 is 0.971 bits per heavy atom. The lowest BCUT2D eigenvalue weighted by Crippen LogP contribution is -2.19. The van der Waals surface area contributed by atoms with E-state index < -0.39 is 5.25 Å². The van der Waals surface area contributed by atoms with E-state index >= 15 is 0 Å². The van der Waals surface area contributed by atoms with Crippen LogP contribution in [-0.4, -0.2) is 32.3 Å². The van der Waals surface area contributed by atoms with Gasteiger partial charge < -0.3 is 10.1 Å². The summed E-state index contributed by atoms with van der Waals surface area (Å²) in [7, 11) is 0. The van der Waals surface area contributed by atoms with Crippen molar-refractivity contribution in [1.29, 1.82) is 0 Å². The first-order chi connectivity index (χ1) is 17.2. The minimum Gasteiger partial charge on any atom is -0.492 e. The summed E-state index contributed by atoms with van der Waals surface area (Å²) in [6.45, 7) is 2.42. The number of fused-ring (bicyclic) bond motifs is 1. The quantitative estimate of drug-likeness (QED) is 0.227. The zero-order valence-corrected chi connectivity index (χ0v) is 19.9. The van der Waals surface area contributed by atoms with Crippen LogP contribution in [-0.2, 0) is 4.79 Å². The van der Waals surface area contributed by atoms with Gasteiger partial charge in [-0.05, 0) is 36.8 Å². The molecule has 7 nitrogen and oxygen atoms in total. The van der Waals surface area contributed by atoms with E-state index in [1.807, 2.05) is 91.9 Å². The zero-order valence-electron chi connectivity index (χ0n) is 19.0. The minimum absolute atomic E-state index is 0.171. The summed E-state index contributed by atoms with van der Waals surface area (Å²) in [4.78, 5) is 22.6. The molecule has 5 aromatic rings. The number of thioether (sulfide) groups is 1. The summed E-state index contributed by atoms with van der Waals surface area (Å²) in [6.07, 6.45) is 3.26. The average Bonchev–Trinajstić information content (AvgIpc) is 3.34. The van der Waals surface area contributed by atoms with Gasteiger partial charge in [-0.15, -0.1) is 0 Å². The van der Waals surface area contributed by atoms with Gasteiger partial charge in [-0.3, -0.25) is 4.79 Å². The number of aromatic nitrogens is 4. The predicted octanol–water partition coefficient (Wildman–Crippen LogP) is 5.69. The first-order valence-corrected chi connectivity index (χ1v) is 12.1. The Balaban J connectivity index is 1.50. The lowest BCUT2D eigenvalue weighted by atomic mass is 10.1. The second-order valence-electron chi connectivity index (χ2n) is 7.64. The molecule has 0 aliphatic heterocycles. The number of para-hydroxylation sites is 3. The molecule has 0 saturated carbocycles. The third-order valence-corrected chi connectivity index (χ3v) is 6.62. The Hall–Kier alpha value is -4.17. The molecule has 0 aliphatic rings. The lowest BCUT2D eigenvalue weighted by molar-refractivity contribution is -0.115. The van der Waals surface area contributed by atoms with Crippen molar-refractivity contribution in [2.45, 2.75) is 17.2 Å². The van der Waals surface area contributed by atoms with E-state index in [1.54, 1.807) is 10.9 Å². The van der Waals surface area contributed by atoms with Crippen LogP contribution in [0.2, 0.25) is 0 Å². The van der Waals surface area contributed by atoms with Crippen molar-refractivity contribution in [1.82, 2.24) is 19.7 Å². The molecule has 3 aromatic carbocycles. The average molecular weight is 482 g/mol. The maximum Gasteiger partial charge on any atom is 0.242 e. The van der Waals surface area contributed by atoms with E-state index in [1.165, 1.54) is 18.1 Å². The standard InChI is InChI=1S/C27H23N5O2S/c1-2-34-23-16-10-9-15-22(23)31-26(33)24(19-11-5-3-6-12-19)35-27-21-17-30-32(25(21)28-18-29-27)20-13-7-4-8-14-20/h3-18,24H,2H2,1H3,(H,31,33)/t24-/m1/s1. The summed E-state index contributed by atoms with van der Waals surface area (Å²) in [5, 5.41) is 8.49. The van der Waals surface area contributed by atoms with Crippen LogP contribution in [0.15, 0.2) is 102 Å². The molecule has 0 radical (unpaired) electrons. The highest BCUT2D eigenvalue weighted by Crippen LogP contribution is 2.39. The molecule has 0 saturated heterocycles. The maximum atomic E-state index is 13.6. The van der Waals surface area contributed by atoms with Gasteiger partial charge in [-0.1, -0.05) is 72.4 Å². The van der Waals surface area contributed by atoms with Crippen LogP contribution in [0.25, 0.3) is 16.7 Å². The summed E-state index contributed by atoms with van der Waals surface area (Å²) >= 11 is 1.37. The largest absolute Gasteiger partial charge is 0.492 e. The lowest BCUT2D eigenvalue weighted by Gasteiger charge is -2.18. The number of anilines is 1. The minimum atomic E-state index is -0.552. The number of nitrogens with one attached hydrogen (secondary N) is 1. The fraction of sp³-hybridized carbons (Fsp3) is 0.111. The number of ether oxygens (including phenoxy) is 1. The van der Waals surface area contributed by atoms with Gasteiger partial charge in [0, 0.05) is 0 Å². The summed E-state index contributed by atoms with van der Waals surface area (Å²) < 4.78 is 7.47. The number of carbonyl (C=O) groups is 1. The Kier molecular flexibility index (Phi) is 6.72. The predicted molar refractivity (Wildman–Crippen MR) is 138 cm³/mol. The Bertz CT molecular complexity index is 1440. The van der Waals surface area contributed by atoms with Gasteiger partial charge in [-0.25, -0.2) is 14.6 Å². The number of amides is 1. The molecule has 174 valence electrons. The van der Waals surface area contributed by atoms with E-state index in [0.717, 1.165) is 16.6 Å². The van der Waals surface area contributed by atoms with Gasteiger partial charge in [0.1, 0.15) is 22.4 Å². The van der Waals surface area contributed by atoms with E-state index in [2.05, 4.69) is 20.4 Å². The van der Waals surface area contributed by atoms with E-state index in [0.29, 0.717) is 28.7 Å². The third kappa shape index (κ3) is 4.88. The summed E-state index contributed by atoms with van der Waals surface area (Å²) in [5.74, 6) is 0.462. The molecule has 0 bridgehead atoms. The number of rotatable bonds is 8. The van der Waals surface area contributed by atoms with E-state index in [9.17, 15) is 4.79 Å². The second-order valence-corrected chi connectivity index (χ2v) is 8.73. The molecule has 0 aliphatic carbocycles. The topological polar surface area (TPSA) is 81.9 Å². The Morgan fingerprint density at radius 2 is 1.69 bits per heavy atom. The molecule has 0 unspecified atom stereocenters. The molecular weight excluding hydrogens is 458 g/mol. The smallest absolute Gasteiger partial charge is 0.242 e. The molecular formula is C27H23N5O2S. The molecule has 35 heavy (non-hydrogen) atoms. The maximum absolute atomic E-state index is 13.6. The van der Waals surface area contributed by atoms with Crippen LogP contribution in [0.3, 0.4) is 0 Å². The SMILES string of the molecule is CCOc1ccccc1NC(=O)[C@H](Sc1ncnc2c1cnn2-c1ccccc1)c1ccccc1. The highest BCUT2D eigenvalue weighted by Gasteiger charge is 2.25. The fourth-order valence-electron chi connectivity index (χ4n) is 3.74. The molecule has 8 heteroatoms. The molecule has 1 amide bonds. The second kappa shape index (κ2) is 10.4. The van der Waals surface area contributed by atoms with Crippen LogP contribution in [0.4, 0.5) is 5.69 Å². The fourth-order valence-corrected chi connectivity index (χ4v) is 4.80. The molecule has 1 N–H and O–H groups in total. The molecule has 2 heterocycles. The molecule has 5 rings (SSSR count). The van der Waals surface area contributed by atoms with Gasteiger partial charge >= 0.3 is 0 Å². The summed E-state index contributed by atoms with van der Waals surface area (Å²) in [5.41, 5.74) is 3.08. The molecule has 0 spiro atoms. The Labute approximate surface area is 207 Å². The highest BCUT2D eigenvalue weighted by atomic mass is 32.2. The number of carbonyl (C=O) groups excluding carboxylic acids is 1. The van der Waals surface area contributed by atoms with Crippen LogP contribution >= 0.6 is 11.8 Å². The van der Waals surface area contributed by atoms with Gasteiger partial charge in [0.15, 0.2) is 5.65 Å². The van der Waals surface area contributed by atoms with Crippen LogP contribution < -0.4 is 10.1 Å². The van der Waals surface area contributed by atoms with Crippen LogP contribution in [0, 0.1) is 0 Å². The van der Waals surface area contributed by atoms with Crippen molar-refractivity contribution in [3.63, 3.8) is 0 Å². The number of hydrogen-bond donors (Lipinski definition) is 1. The molecule has 2 aromatic heterocycles. The highest BCUT2D eigenvalue weighted by molar-refractivity contribution is 8.00. The van der Waals surface area contributed by atoms with Crippen LogP contribution in [0.5, 0.6) is 5.75 Å². The van der Waals surface area contributed by atoms with Crippen molar-refractivity contribution in [2.75, 3.05) is 11.9 Å². The van der Waals surface area contributed by atoms with Gasteiger partial charge in [-0.2, -0.15) is 5.10 Å². The molecule has 0 fully saturated rings. The van der Waals surface area contributed by atoms with Crippen molar-refractivity contribution in [3.05, 3.63) is 103 Å².